The highest BCUT2D eigenvalue weighted by atomic mass is 19.4. The zero-order valence-corrected chi connectivity index (χ0v) is 11.3. The Kier molecular flexibility index (Phi) is 4.30. The van der Waals surface area contributed by atoms with E-state index < -0.39 is 11.7 Å². The molecule has 0 aliphatic heterocycles. The van der Waals surface area contributed by atoms with Gasteiger partial charge in [-0.15, -0.1) is 0 Å². The minimum atomic E-state index is -4.48. The molecule has 0 radical (unpaired) electrons. The van der Waals surface area contributed by atoms with Crippen molar-refractivity contribution in [3.05, 3.63) is 36.2 Å². The number of pyridine rings is 2. The van der Waals surface area contributed by atoms with Gasteiger partial charge in [0.2, 0.25) is 0 Å². The van der Waals surface area contributed by atoms with Gasteiger partial charge in [0, 0.05) is 11.8 Å². The average molecular weight is 297 g/mol. The summed E-state index contributed by atoms with van der Waals surface area (Å²) in [5.74, 6) is 0.284. The number of halogens is 3. The smallest absolute Gasteiger partial charge is 0.416 e. The van der Waals surface area contributed by atoms with Crippen LogP contribution >= 0.6 is 0 Å². The Morgan fingerprint density at radius 3 is 2.62 bits per heavy atom. The molecule has 2 N–H and O–H groups in total. The Morgan fingerprint density at radius 1 is 1.19 bits per heavy atom. The lowest BCUT2D eigenvalue weighted by molar-refractivity contribution is -0.137. The first-order valence-corrected chi connectivity index (χ1v) is 6.33. The van der Waals surface area contributed by atoms with Crippen LogP contribution in [0.4, 0.5) is 19.0 Å². The van der Waals surface area contributed by atoms with Gasteiger partial charge in [-0.2, -0.15) is 13.2 Å². The van der Waals surface area contributed by atoms with Gasteiger partial charge in [-0.3, -0.25) is 4.98 Å². The molecular weight excluding hydrogens is 283 g/mol. The summed E-state index contributed by atoms with van der Waals surface area (Å²) in [6.07, 6.45) is -0.745. The molecule has 2 rings (SSSR count). The topological polar surface area (TPSA) is 61.0 Å². The lowest BCUT2D eigenvalue weighted by atomic mass is 10.1. The van der Waals surface area contributed by atoms with Crippen molar-refractivity contribution < 1.29 is 17.9 Å². The standard InChI is InChI=1S/C14H14F3N3O/c1-2-3-21-11-4-9(7-19-8-11)12-5-10(14(15,16)17)6-13(18)20-12/h4-8H,2-3H2,1H3,(H2,18,20). The van der Waals surface area contributed by atoms with Gasteiger partial charge in [-0.1, -0.05) is 6.92 Å². The molecule has 0 unspecified atom stereocenters. The number of nitrogens with zero attached hydrogens (tertiary/aromatic N) is 2. The summed E-state index contributed by atoms with van der Waals surface area (Å²) < 4.78 is 43.8. The molecule has 4 nitrogen and oxygen atoms in total. The number of aromatic nitrogens is 2. The third kappa shape index (κ3) is 3.84. The van der Waals surface area contributed by atoms with Crippen molar-refractivity contribution in [2.24, 2.45) is 0 Å². The van der Waals surface area contributed by atoms with Crippen LogP contribution in [0.3, 0.4) is 0 Å². The minimum absolute atomic E-state index is 0.108. The molecule has 0 fully saturated rings. The Balaban J connectivity index is 2.40. The van der Waals surface area contributed by atoms with E-state index in [4.69, 9.17) is 10.5 Å². The summed E-state index contributed by atoms with van der Waals surface area (Å²) >= 11 is 0. The molecular formula is C14H14F3N3O. The molecule has 21 heavy (non-hydrogen) atoms. The van der Waals surface area contributed by atoms with Gasteiger partial charge < -0.3 is 10.5 Å². The van der Waals surface area contributed by atoms with Gasteiger partial charge >= 0.3 is 6.18 Å². The Morgan fingerprint density at radius 2 is 1.95 bits per heavy atom. The Labute approximate surface area is 119 Å². The Bertz CT molecular complexity index is 629. The number of nitrogen functional groups attached to an aromatic ring is 1. The van der Waals surface area contributed by atoms with Gasteiger partial charge in [-0.05, 0) is 24.6 Å². The molecule has 0 aromatic carbocycles. The fraction of sp³-hybridized carbons (Fsp3) is 0.286. The molecule has 2 aromatic rings. The summed E-state index contributed by atoms with van der Waals surface area (Å²) in [6.45, 7) is 2.45. The van der Waals surface area contributed by atoms with Gasteiger partial charge in [0.05, 0.1) is 24.1 Å². The number of ether oxygens (including phenoxy) is 1. The maximum Gasteiger partial charge on any atom is 0.416 e. The van der Waals surface area contributed by atoms with Crippen molar-refractivity contribution in [1.82, 2.24) is 9.97 Å². The van der Waals surface area contributed by atoms with Crippen LogP contribution in [0.5, 0.6) is 5.75 Å². The first-order valence-electron chi connectivity index (χ1n) is 6.33. The first kappa shape index (κ1) is 15.1. The summed E-state index contributed by atoms with van der Waals surface area (Å²) in [7, 11) is 0. The van der Waals surface area contributed by atoms with Crippen LogP contribution in [-0.2, 0) is 6.18 Å². The number of hydrogen-bond acceptors (Lipinski definition) is 4. The van der Waals surface area contributed by atoms with Crippen LogP contribution in [0.25, 0.3) is 11.3 Å². The summed E-state index contributed by atoms with van der Waals surface area (Å²) in [6, 6.07) is 3.33. The molecule has 0 amide bonds. The molecule has 0 atom stereocenters. The third-order valence-corrected chi connectivity index (χ3v) is 2.65. The number of hydrogen-bond donors (Lipinski definition) is 1. The normalized spacial score (nSPS) is 11.4. The maximum atomic E-state index is 12.8. The van der Waals surface area contributed by atoms with Crippen LogP contribution in [0.15, 0.2) is 30.6 Å². The average Bonchev–Trinajstić information content (AvgIpc) is 2.44. The van der Waals surface area contributed by atoms with Crippen molar-refractivity contribution in [3.8, 4) is 17.0 Å². The van der Waals surface area contributed by atoms with Crippen molar-refractivity contribution in [1.29, 1.82) is 0 Å². The zero-order chi connectivity index (χ0) is 15.5. The molecule has 0 aliphatic carbocycles. The molecule has 0 saturated heterocycles. The van der Waals surface area contributed by atoms with E-state index in [2.05, 4.69) is 9.97 Å². The van der Waals surface area contributed by atoms with Crippen molar-refractivity contribution in [3.63, 3.8) is 0 Å². The van der Waals surface area contributed by atoms with E-state index in [-0.39, 0.29) is 11.5 Å². The van der Waals surface area contributed by atoms with Crippen molar-refractivity contribution in [2.75, 3.05) is 12.3 Å². The summed E-state index contributed by atoms with van der Waals surface area (Å²) in [5.41, 5.74) is 5.13. The van der Waals surface area contributed by atoms with Crippen molar-refractivity contribution >= 4 is 5.82 Å². The van der Waals surface area contributed by atoms with Crippen LogP contribution in [0.2, 0.25) is 0 Å². The lowest BCUT2D eigenvalue weighted by Gasteiger charge is -2.10. The molecule has 0 aliphatic rings. The molecule has 0 bridgehead atoms. The predicted molar refractivity (Wildman–Crippen MR) is 72.7 cm³/mol. The number of anilines is 1. The second kappa shape index (κ2) is 5.99. The number of nitrogens with two attached hydrogens (primary N) is 1. The molecule has 7 heteroatoms. The van der Waals surface area contributed by atoms with E-state index in [1.54, 1.807) is 6.07 Å². The third-order valence-electron chi connectivity index (χ3n) is 2.65. The van der Waals surface area contributed by atoms with E-state index in [0.717, 1.165) is 18.6 Å². The largest absolute Gasteiger partial charge is 0.492 e. The Hall–Kier alpha value is -2.31. The highest BCUT2D eigenvalue weighted by molar-refractivity contribution is 5.62. The van der Waals surface area contributed by atoms with Crippen molar-refractivity contribution in [2.45, 2.75) is 19.5 Å². The van der Waals surface area contributed by atoms with E-state index in [1.807, 2.05) is 6.92 Å². The van der Waals surface area contributed by atoms with E-state index in [9.17, 15) is 13.2 Å². The number of alkyl halides is 3. The summed E-state index contributed by atoms with van der Waals surface area (Å²) in [4.78, 5) is 7.87. The monoisotopic (exact) mass is 297 g/mol. The van der Waals surface area contributed by atoms with Gasteiger partial charge in [-0.25, -0.2) is 4.98 Å². The molecule has 2 aromatic heterocycles. The SMILES string of the molecule is CCCOc1cncc(-c2cc(C(F)(F)F)cc(N)n2)c1. The summed E-state index contributed by atoms with van der Waals surface area (Å²) in [5, 5.41) is 0. The van der Waals surface area contributed by atoms with Gasteiger partial charge in [0.15, 0.2) is 0 Å². The molecule has 0 spiro atoms. The minimum Gasteiger partial charge on any atom is -0.492 e. The van der Waals surface area contributed by atoms with E-state index >= 15 is 0 Å². The quantitative estimate of drug-likeness (QED) is 0.937. The van der Waals surface area contributed by atoms with Crippen LogP contribution in [0, 0.1) is 0 Å². The van der Waals surface area contributed by atoms with Gasteiger partial charge in [0.1, 0.15) is 11.6 Å². The molecule has 112 valence electrons. The van der Waals surface area contributed by atoms with E-state index in [1.165, 1.54) is 12.4 Å². The molecule has 2 heterocycles. The van der Waals surface area contributed by atoms with Crippen LogP contribution < -0.4 is 10.5 Å². The highest BCUT2D eigenvalue weighted by Gasteiger charge is 2.31. The fourth-order valence-electron chi connectivity index (χ4n) is 1.72. The van der Waals surface area contributed by atoms with Gasteiger partial charge in [0.25, 0.3) is 0 Å². The van der Waals surface area contributed by atoms with E-state index in [0.29, 0.717) is 17.9 Å². The second-order valence-electron chi connectivity index (χ2n) is 4.42. The van der Waals surface area contributed by atoms with Crippen LogP contribution in [0.1, 0.15) is 18.9 Å². The van der Waals surface area contributed by atoms with Crippen LogP contribution in [-0.4, -0.2) is 16.6 Å². The first-order chi connectivity index (χ1) is 9.90. The zero-order valence-electron chi connectivity index (χ0n) is 11.3. The predicted octanol–water partition coefficient (Wildman–Crippen LogP) is 3.53. The second-order valence-corrected chi connectivity index (χ2v) is 4.42. The number of rotatable bonds is 4. The fourth-order valence-corrected chi connectivity index (χ4v) is 1.72. The lowest BCUT2D eigenvalue weighted by Crippen LogP contribution is -2.07. The maximum absolute atomic E-state index is 12.8. The highest BCUT2D eigenvalue weighted by Crippen LogP contribution is 2.33. The molecule has 0 saturated carbocycles.